The third-order valence-electron chi connectivity index (χ3n) is 2.94. The number of fused-ring (bicyclic) bond motifs is 1. The van der Waals surface area contributed by atoms with Gasteiger partial charge in [-0.25, -0.2) is 0 Å². The molecule has 1 heterocycles. The summed E-state index contributed by atoms with van der Waals surface area (Å²) >= 11 is 5.96. The Labute approximate surface area is 113 Å². The van der Waals surface area contributed by atoms with E-state index in [9.17, 15) is 5.11 Å². The molecule has 1 unspecified atom stereocenters. The molecule has 0 fully saturated rings. The van der Waals surface area contributed by atoms with Crippen LogP contribution in [0.5, 0.6) is 5.75 Å². The lowest BCUT2D eigenvalue weighted by Gasteiger charge is -2.27. The molecule has 0 spiro atoms. The van der Waals surface area contributed by atoms with Gasteiger partial charge in [0, 0.05) is 24.5 Å². The zero-order valence-electron chi connectivity index (χ0n) is 11.1. The molecule has 0 bridgehead atoms. The summed E-state index contributed by atoms with van der Waals surface area (Å²) in [4.78, 5) is 2.10. The summed E-state index contributed by atoms with van der Waals surface area (Å²) in [5.41, 5.74) is 0.493. The smallest absolute Gasteiger partial charge is 0.123 e. The Bertz CT molecular complexity index is 428. The molecule has 1 aliphatic heterocycles. The van der Waals surface area contributed by atoms with Gasteiger partial charge in [0.05, 0.1) is 5.60 Å². The fraction of sp³-hybridized carbons (Fsp3) is 0.571. The number of nitrogens with zero attached hydrogens (tertiary/aromatic N) is 1. The van der Waals surface area contributed by atoms with Crippen LogP contribution in [0, 0.1) is 0 Å². The van der Waals surface area contributed by atoms with Crippen molar-refractivity contribution in [3.8, 4) is 5.75 Å². The van der Waals surface area contributed by atoms with Crippen molar-refractivity contribution in [3.05, 3.63) is 28.8 Å². The monoisotopic (exact) mass is 269 g/mol. The zero-order chi connectivity index (χ0) is 13.3. The van der Waals surface area contributed by atoms with Crippen LogP contribution >= 0.6 is 11.6 Å². The van der Waals surface area contributed by atoms with Gasteiger partial charge in [0.1, 0.15) is 11.9 Å². The summed E-state index contributed by atoms with van der Waals surface area (Å²) in [6.07, 6.45) is 1.03. The van der Waals surface area contributed by atoms with Crippen molar-refractivity contribution in [2.24, 2.45) is 0 Å². The number of ether oxygens (including phenoxy) is 1. The average molecular weight is 270 g/mol. The van der Waals surface area contributed by atoms with Gasteiger partial charge in [-0.15, -0.1) is 0 Å². The highest BCUT2D eigenvalue weighted by Crippen LogP contribution is 2.31. The maximum absolute atomic E-state index is 9.77. The van der Waals surface area contributed by atoms with Crippen LogP contribution in [0.2, 0.25) is 5.02 Å². The van der Waals surface area contributed by atoms with Gasteiger partial charge in [0.15, 0.2) is 0 Å². The van der Waals surface area contributed by atoms with E-state index >= 15 is 0 Å². The first kappa shape index (κ1) is 13.7. The van der Waals surface area contributed by atoms with E-state index < -0.39 is 5.60 Å². The lowest BCUT2D eigenvalue weighted by Crippen LogP contribution is -2.41. The molecular formula is C14H20ClNO2. The predicted molar refractivity (Wildman–Crippen MR) is 73.4 cm³/mol. The molecule has 0 aromatic heterocycles. The molecule has 0 saturated carbocycles. The van der Waals surface area contributed by atoms with Gasteiger partial charge in [-0.05, 0) is 44.7 Å². The van der Waals surface area contributed by atoms with Crippen LogP contribution < -0.4 is 4.74 Å². The van der Waals surface area contributed by atoms with E-state index in [0.29, 0.717) is 6.54 Å². The first-order valence-electron chi connectivity index (χ1n) is 6.19. The topological polar surface area (TPSA) is 32.7 Å². The van der Waals surface area contributed by atoms with Crippen LogP contribution in [0.15, 0.2) is 18.2 Å². The van der Waals surface area contributed by atoms with Crippen molar-refractivity contribution < 1.29 is 9.84 Å². The normalized spacial score (nSPS) is 18.9. The summed E-state index contributed by atoms with van der Waals surface area (Å²) in [5, 5.41) is 10.5. The van der Waals surface area contributed by atoms with Crippen molar-refractivity contribution in [2.75, 3.05) is 20.1 Å². The molecule has 100 valence electrons. The Morgan fingerprint density at radius 3 is 2.89 bits per heavy atom. The zero-order valence-corrected chi connectivity index (χ0v) is 11.9. The summed E-state index contributed by atoms with van der Waals surface area (Å²) < 4.78 is 5.87. The number of likely N-dealkylation sites (N-methyl/N-ethyl adjacent to an activating group) is 1. The van der Waals surface area contributed by atoms with Crippen LogP contribution in [0.4, 0.5) is 0 Å². The van der Waals surface area contributed by atoms with Gasteiger partial charge in [-0.2, -0.15) is 0 Å². The Morgan fingerprint density at radius 1 is 1.50 bits per heavy atom. The molecule has 0 amide bonds. The van der Waals surface area contributed by atoms with Gasteiger partial charge >= 0.3 is 0 Å². The second-order valence-electron chi connectivity index (χ2n) is 5.71. The molecule has 1 aromatic carbocycles. The molecule has 0 aliphatic carbocycles. The predicted octanol–water partition coefficient (Wildman–Crippen LogP) is 2.35. The van der Waals surface area contributed by atoms with Crippen LogP contribution in [-0.2, 0) is 6.42 Å². The molecule has 1 N–H and O–H groups in total. The van der Waals surface area contributed by atoms with E-state index in [2.05, 4.69) is 4.90 Å². The maximum atomic E-state index is 9.77. The number of hydrogen-bond acceptors (Lipinski definition) is 3. The fourth-order valence-corrected chi connectivity index (χ4v) is 2.66. The Kier molecular flexibility index (Phi) is 3.85. The summed E-state index contributed by atoms with van der Waals surface area (Å²) in [6, 6.07) is 5.74. The minimum atomic E-state index is -0.677. The maximum Gasteiger partial charge on any atom is 0.123 e. The lowest BCUT2D eigenvalue weighted by atomic mass is 10.1. The van der Waals surface area contributed by atoms with Gasteiger partial charge in [0.25, 0.3) is 0 Å². The van der Waals surface area contributed by atoms with Crippen molar-refractivity contribution in [1.82, 2.24) is 4.90 Å². The first-order valence-corrected chi connectivity index (χ1v) is 6.57. The number of aliphatic hydroxyl groups is 1. The minimum Gasteiger partial charge on any atom is -0.488 e. The third-order valence-corrected chi connectivity index (χ3v) is 3.17. The highest BCUT2D eigenvalue weighted by molar-refractivity contribution is 6.30. The molecule has 1 aliphatic rings. The van der Waals surface area contributed by atoms with E-state index in [1.165, 1.54) is 5.56 Å². The highest BCUT2D eigenvalue weighted by atomic mass is 35.5. The average Bonchev–Trinajstić information content (AvgIpc) is 2.55. The second-order valence-corrected chi connectivity index (χ2v) is 6.14. The number of benzene rings is 1. The van der Waals surface area contributed by atoms with E-state index in [1.54, 1.807) is 0 Å². The number of rotatable bonds is 4. The minimum absolute atomic E-state index is 0.144. The second kappa shape index (κ2) is 5.08. The van der Waals surface area contributed by atoms with Crippen LogP contribution in [0.3, 0.4) is 0 Å². The van der Waals surface area contributed by atoms with E-state index in [-0.39, 0.29) is 6.10 Å². The van der Waals surface area contributed by atoms with Crippen molar-refractivity contribution in [1.29, 1.82) is 0 Å². The van der Waals surface area contributed by atoms with Gasteiger partial charge in [0.2, 0.25) is 0 Å². The quantitative estimate of drug-likeness (QED) is 0.911. The summed E-state index contributed by atoms with van der Waals surface area (Å²) in [5.74, 6) is 0.932. The van der Waals surface area contributed by atoms with E-state index in [1.807, 2.05) is 39.1 Å². The van der Waals surface area contributed by atoms with E-state index in [0.717, 1.165) is 23.7 Å². The highest BCUT2D eigenvalue weighted by Gasteiger charge is 2.25. The van der Waals surface area contributed by atoms with Crippen LogP contribution in [0.25, 0.3) is 0 Å². The van der Waals surface area contributed by atoms with Gasteiger partial charge in [-0.3, -0.25) is 4.90 Å². The summed E-state index contributed by atoms with van der Waals surface area (Å²) in [7, 11) is 2.00. The SMILES string of the molecule is CN(CC1Cc2cc(Cl)ccc2O1)CC(C)(C)O. The molecular weight excluding hydrogens is 250 g/mol. The van der Waals surface area contributed by atoms with E-state index in [4.69, 9.17) is 16.3 Å². The van der Waals surface area contributed by atoms with Gasteiger partial charge in [-0.1, -0.05) is 11.6 Å². The van der Waals surface area contributed by atoms with Gasteiger partial charge < -0.3 is 9.84 Å². The number of halogens is 1. The molecule has 0 radical (unpaired) electrons. The standard InChI is InChI=1S/C14H20ClNO2/c1-14(2,17)9-16(3)8-12-7-10-6-11(15)4-5-13(10)18-12/h4-6,12,17H,7-9H2,1-3H3. The third kappa shape index (κ3) is 3.61. The molecule has 1 atom stereocenters. The Balaban J connectivity index is 1.91. The van der Waals surface area contributed by atoms with Crippen molar-refractivity contribution in [3.63, 3.8) is 0 Å². The summed E-state index contributed by atoms with van der Waals surface area (Å²) in [6.45, 7) is 5.06. The molecule has 18 heavy (non-hydrogen) atoms. The van der Waals surface area contributed by atoms with Crippen LogP contribution in [0.1, 0.15) is 19.4 Å². The first-order chi connectivity index (χ1) is 8.33. The molecule has 2 rings (SSSR count). The number of hydrogen-bond donors (Lipinski definition) is 1. The molecule has 1 aromatic rings. The largest absolute Gasteiger partial charge is 0.488 e. The molecule has 0 saturated heterocycles. The van der Waals surface area contributed by atoms with Crippen LogP contribution in [-0.4, -0.2) is 41.8 Å². The Morgan fingerprint density at radius 2 is 2.22 bits per heavy atom. The Hall–Kier alpha value is -0.770. The van der Waals surface area contributed by atoms with Crippen molar-refractivity contribution in [2.45, 2.75) is 32.0 Å². The lowest BCUT2D eigenvalue weighted by molar-refractivity contribution is 0.0344. The van der Waals surface area contributed by atoms with Crippen molar-refractivity contribution >= 4 is 11.6 Å². The fourth-order valence-electron chi connectivity index (χ4n) is 2.46. The molecule has 4 heteroatoms. The molecule has 3 nitrogen and oxygen atoms in total.